The van der Waals surface area contributed by atoms with E-state index in [-0.39, 0.29) is 31.1 Å². The number of unbranched alkanes of at least 4 members (excludes halogenated alkanes) is 27. The highest BCUT2D eigenvalue weighted by Gasteiger charge is 2.19. The average molecular weight is 1120 g/mol. The maximum atomic E-state index is 12.9. The average Bonchev–Trinajstić information content (AvgIpc) is 3.46. The third kappa shape index (κ3) is 66.2. The molecule has 0 heterocycles. The number of hydrogen-bond donors (Lipinski definition) is 0. The number of allylic oxidation sites excluding steroid dienone is 22. The van der Waals surface area contributed by atoms with E-state index in [0.717, 1.165) is 148 Å². The van der Waals surface area contributed by atoms with Gasteiger partial charge in [-0.2, -0.15) is 0 Å². The van der Waals surface area contributed by atoms with Crippen LogP contribution in [0, 0.1) is 0 Å². The molecule has 0 spiro atoms. The molecule has 0 rings (SSSR count). The predicted octanol–water partition coefficient (Wildman–Crippen LogP) is 23.3. The lowest BCUT2D eigenvalue weighted by Crippen LogP contribution is -2.30. The molecule has 0 aliphatic rings. The van der Waals surface area contributed by atoms with Crippen LogP contribution in [0.2, 0.25) is 0 Å². The van der Waals surface area contributed by atoms with Gasteiger partial charge in [0, 0.05) is 19.3 Å². The first kappa shape index (κ1) is 76.5. The molecule has 1 unspecified atom stereocenters. The highest BCUT2D eigenvalue weighted by molar-refractivity contribution is 5.71. The molecule has 0 radical (unpaired) electrons. The Bertz CT molecular complexity index is 1720. The van der Waals surface area contributed by atoms with Crippen LogP contribution in [-0.2, 0) is 28.6 Å². The van der Waals surface area contributed by atoms with Crippen LogP contribution < -0.4 is 0 Å². The first-order valence-corrected chi connectivity index (χ1v) is 33.7. The number of ether oxygens (including phenoxy) is 3. The van der Waals surface area contributed by atoms with Gasteiger partial charge in [-0.25, -0.2) is 0 Å². The fourth-order valence-corrected chi connectivity index (χ4v) is 9.18. The third-order valence-electron chi connectivity index (χ3n) is 14.2. The first-order valence-electron chi connectivity index (χ1n) is 33.7. The van der Waals surface area contributed by atoms with E-state index in [9.17, 15) is 14.4 Å². The third-order valence-corrected chi connectivity index (χ3v) is 14.2. The molecule has 0 aliphatic heterocycles. The summed E-state index contributed by atoms with van der Waals surface area (Å²) >= 11 is 0. The molecule has 0 aliphatic carbocycles. The summed E-state index contributed by atoms with van der Waals surface area (Å²) in [6.07, 6.45) is 96.0. The van der Waals surface area contributed by atoms with Gasteiger partial charge in [0.1, 0.15) is 13.2 Å². The van der Waals surface area contributed by atoms with E-state index in [4.69, 9.17) is 14.2 Å². The number of carbonyl (C=O) groups is 3. The zero-order chi connectivity index (χ0) is 58.5. The zero-order valence-electron chi connectivity index (χ0n) is 52.8. The Morgan fingerprint density at radius 1 is 0.259 bits per heavy atom. The lowest BCUT2D eigenvalue weighted by molar-refractivity contribution is -0.167. The van der Waals surface area contributed by atoms with Crippen molar-refractivity contribution in [3.8, 4) is 0 Å². The number of esters is 3. The highest BCUT2D eigenvalue weighted by atomic mass is 16.6. The molecule has 460 valence electrons. The topological polar surface area (TPSA) is 78.9 Å². The highest BCUT2D eigenvalue weighted by Crippen LogP contribution is 2.16. The summed E-state index contributed by atoms with van der Waals surface area (Å²) in [6, 6.07) is 0. The van der Waals surface area contributed by atoms with E-state index < -0.39 is 6.10 Å². The summed E-state index contributed by atoms with van der Waals surface area (Å²) in [4.78, 5) is 38.4. The summed E-state index contributed by atoms with van der Waals surface area (Å²) in [6.45, 7) is 6.41. The maximum Gasteiger partial charge on any atom is 0.306 e. The first-order chi connectivity index (χ1) is 40.0. The normalized spacial score (nSPS) is 13.0. The van der Waals surface area contributed by atoms with Crippen molar-refractivity contribution in [1.82, 2.24) is 0 Å². The molecule has 0 saturated heterocycles. The molecule has 0 aromatic rings. The number of rotatable bonds is 60. The van der Waals surface area contributed by atoms with Crippen LogP contribution >= 0.6 is 0 Å². The Balaban J connectivity index is 4.32. The molecule has 6 nitrogen and oxygen atoms in total. The standard InChI is InChI=1S/C75H124O6/c1-4-7-10-13-16-19-22-25-27-29-31-32-33-34-35-36-37-38-39-40-41-42-44-45-47-50-53-56-59-62-65-68-74(77)80-71-72(70-79-73(76)67-64-61-58-55-52-49-24-21-18-15-12-9-6-3)81-75(78)69-66-63-60-57-54-51-48-46-43-30-28-26-23-20-17-14-11-8-5-2/h7-8,10-11,16-17,19-20,25-28,31-32,34-35,37-38,40-41,43,46,72H,4-6,9,12-15,18,21-24,29-30,33,36,39,42,44-45,47-71H2,1-3H3/b10-7-,11-8-,19-16-,20-17-,27-25-,28-26-,32-31-,35-34-,38-37-,41-40-,46-43-. The molecule has 0 amide bonds. The van der Waals surface area contributed by atoms with Crippen molar-refractivity contribution in [2.45, 2.75) is 309 Å². The number of carbonyl (C=O) groups excluding carboxylic acids is 3. The van der Waals surface area contributed by atoms with Gasteiger partial charge >= 0.3 is 17.9 Å². The van der Waals surface area contributed by atoms with Gasteiger partial charge in [-0.15, -0.1) is 0 Å². The lowest BCUT2D eigenvalue weighted by atomic mass is 10.0. The maximum absolute atomic E-state index is 12.9. The quantitative estimate of drug-likeness (QED) is 0.0261. The summed E-state index contributed by atoms with van der Waals surface area (Å²) < 4.78 is 16.9. The van der Waals surface area contributed by atoms with E-state index in [2.05, 4.69) is 154 Å². The Hall–Kier alpha value is -4.45. The van der Waals surface area contributed by atoms with Gasteiger partial charge in [-0.05, 0) is 116 Å². The summed E-state index contributed by atoms with van der Waals surface area (Å²) in [5, 5.41) is 0. The molecule has 6 heteroatoms. The minimum Gasteiger partial charge on any atom is -0.462 e. The van der Waals surface area contributed by atoms with Gasteiger partial charge in [0.25, 0.3) is 0 Å². The van der Waals surface area contributed by atoms with Gasteiger partial charge in [-0.3, -0.25) is 14.4 Å². The van der Waals surface area contributed by atoms with Crippen molar-refractivity contribution in [2.24, 2.45) is 0 Å². The minimum absolute atomic E-state index is 0.0860. The van der Waals surface area contributed by atoms with Crippen molar-refractivity contribution < 1.29 is 28.6 Å². The monoisotopic (exact) mass is 1120 g/mol. The second kappa shape index (κ2) is 68.1. The predicted molar refractivity (Wildman–Crippen MR) is 353 cm³/mol. The van der Waals surface area contributed by atoms with E-state index in [1.165, 1.54) is 116 Å². The Morgan fingerprint density at radius 2 is 0.481 bits per heavy atom. The Labute approximate surface area is 500 Å². The van der Waals surface area contributed by atoms with Gasteiger partial charge < -0.3 is 14.2 Å². The summed E-state index contributed by atoms with van der Waals surface area (Å²) in [5.74, 6) is -0.900. The molecular formula is C75H124O6. The van der Waals surface area contributed by atoms with E-state index in [0.29, 0.717) is 19.3 Å². The Morgan fingerprint density at radius 3 is 0.753 bits per heavy atom. The molecule has 0 saturated carbocycles. The second-order valence-electron chi connectivity index (χ2n) is 22.0. The fourth-order valence-electron chi connectivity index (χ4n) is 9.18. The van der Waals surface area contributed by atoms with Crippen molar-refractivity contribution in [1.29, 1.82) is 0 Å². The van der Waals surface area contributed by atoms with E-state index >= 15 is 0 Å². The molecule has 0 bridgehead atoms. The van der Waals surface area contributed by atoms with E-state index in [1.807, 2.05) is 0 Å². The Kier molecular flexibility index (Phi) is 64.3. The largest absolute Gasteiger partial charge is 0.462 e. The summed E-state index contributed by atoms with van der Waals surface area (Å²) in [7, 11) is 0. The van der Waals surface area contributed by atoms with Crippen LogP contribution in [0.4, 0.5) is 0 Å². The van der Waals surface area contributed by atoms with Crippen molar-refractivity contribution in [3.63, 3.8) is 0 Å². The van der Waals surface area contributed by atoms with Crippen LogP contribution in [0.1, 0.15) is 303 Å². The molecular weight excluding hydrogens is 997 g/mol. The lowest BCUT2D eigenvalue weighted by Gasteiger charge is -2.18. The van der Waals surface area contributed by atoms with Crippen LogP contribution in [-0.4, -0.2) is 37.2 Å². The van der Waals surface area contributed by atoms with Crippen LogP contribution in [0.15, 0.2) is 134 Å². The van der Waals surface area contributed by atoms with Crippen molar-refractivity contribution in [2.75, 3.05) is 13.2 Å². The van der Waals surface area contributed by atoms with Gasteiger partial charge in [0.2, 0.25) is 0 Å². The van der Waals surface area contributed by atoms with Crippen LogP contribution in [0.3, 0.4) is 0 Å². The molecule has 0 N–H and O–H groups in total. The molecule has 81 heavy (non-hydrogen) atoms. The van der Waals surface area contributed by atoms with Crippen LogP contribution in [0.5, 0.6) is 0 Å². The van der Waals surface area contributed by atoms with Crippen LogP contribution in [0.25, 0.3) is 0 Å². The second-order valence-corrected chi connectivity index (χ2v) is 22.0. The van der Waals surface area contributed by atoms with Gasteiger partial charge in [0.05, 0.1) is 0 Å². The molecule has 1 atom stereocenters. The number of hydrogen-bond acceptors (Lipinski definition) is 6. The molecule has 0 aromatic carbocycles. The van der Waals surface area contributed by atoms with Gasteiger partial charge in [0.15, 0.2) is 6.10 Å². The van der Waals surface area contributed by atoms with E-state index in [1.54, 1.807) is 0 Å². The fraction of sp³-hybridized carbons (Fsp3) is 0.667. The van der Waals surface area contributed by atoms with Crippen molar-refractivity contribution >= 4 is 17.9 Å². The SMILES string of the molecule is CC/C=C\C/C=C\C/C=C\C/C=C\C/C=C\C/C=C\C/C=C\CCCCCCCCCCCC(=O)OCC(COC(=O)CCCCCCCCCCCCCCC)OC(=O)CCCCCCCC/C=C\C/C=C\C/C=C\C/C=C\CC. The smallest absolute Gasteiger partial charge is 0.306 e. The zero-order valence-corrected chi connectivity index (χ0v) is 52.8. The molecule has 0 fully saturated rings. The minimum atomic E-state index is -0.792. The van der Waals surface area contributed by atoms with Gasteiger partial charge in [-0.1, -0.05) is 302 Å². The summed E-state index contributed by atoms with van der Waals surface area (Å²) in [5.41, 5.74) is 0. The molecule has 0 aromatic heterocycles. The van der Waals surface area contributed by atoms with Crippen molar-refractivity contribution in [3.05, 3.63) is 134 Å².